The first-order valence-electron chi connectivity index (χ1n) is 8.03. The Labute approximate surface area is 132 Å². The molecule has 1 saturated heterocycles. The number of amides is 1. The van der Waals surface area contributed by atoms with E-state index in [0.29, 0.717) is 19.7 Å². The first-order valence-corrected chi connectivity index (χ1v) is 8.03. The Morgan fingerprint density at radius 3 is 2.91 bits per heavy atom. The maximum Gasteiger partial charge on any atom is 0.234 e. The number of aliphatic hydroxyl groups excluding tert-OH is 1. The Morgan fingerprint density at radius 1 is 1.41 bits per heavy atom. The molecule has 1 aliphatic rings. The zero-order valence-corrected chi connectivity index (χ0v) is 13.2. The SMILES string of the molecule is CC(O)C1CCCCN1CC(=O)NCCOc1ccccc1. The standard InChI is InChI=1S/C17H26N2O3/c1-14(20)16-9-5-6-11-19(16)13-17(21)18-10-12-22-15-7-3-2-4-8-15/h2-4,7-8,14,16,20H,5-6,9-13H2,1H3,(H,18,21). The fourth-order valence-corrected chi connectivity index (χ4v) is 2.88. The summed E-state index contributed by atoms with van der Waals surface area (Å²) in [4.78, 5) is 14.1. The molecule has 5 heteroatoms. The number of carbonyl (C=O) groups excluding carboxylic acids is 1. The Hall–Kier alpha value is -1.59. The second kappa shape index (κ2) is 8.76. The van der Waals surface area contributed by atoms with E-state index in [1.807, 2.05) is 30.3 Å². The lowest BCUT2D eigenvalue weighted by Crippen LogP contribution is -2.50. The summed E-state index contributed by atoms with van der Waals surface area (Å²) in [5.41, 5.74) is 0. The van der Waals surface area contributed by atoms with E-state index in [1.165, 1.54) is 0 Å². The highest BCUT2D eigenvalue weighted by Crippen LogP contribution is 2.19. The maximum atomic E-state index is 12.0. The second-order valence-electron chi connectivity index (χ2n) is 5.79. The Kier molecular flexibility index (Phi) is 6.68. The van der Waals surface area contributed by atoms with Crippen LogP contribution in [0.4, 0.5) is 0 Å². The average Bonchev–Trinajstić information content (AvgIpc) is 2.53. The third-order valence-electron chi connectivity index (χ3n) is 4.00. The fraction of sp³-hybridized carbons (Fsp3) is 0.588. The molecule has 2 atom stereocenters. The van der Waals surface area contributed by atoms with Crippen LogP contribution in [0.3, 0.4) is 0 Å². The number of benzene rings is 1. The van der Waals surface area contributed by atoms with Crippen LogP contribution in [0.1, 0.15) is 26.2 Å². The van der Waals surface area contributed by atoms with Gasteiger partial charge in [0.1, 0.15) is 12.4 Å². The smallest absolute Gasteiger partial charge is 0.234 e. The van der Waals surface area contributed by atoms with Gasteiger partial charge in [-0.05, 0) is 38.4 Å². The molecule has 1 aromatic carbocycles. The van der Waals surface area contributed by atoms with E-state index < -0.39 is 6.10 Å². The van der Waals surface area contributed by atoms with Gasteiger partial charge in [-0.25, -0.2) is 0 Å². The molecule has 0 spiro atoms. The Bertz CT molecular complexity index is 450. The quantitative estimate of drug-likeness (QED) is 0.748. The second-order valence-corrected chi connectivity index (χ2v) is 5.79. The van der Waals surface area contributed by atoms with Gasteiger partial charge in [0.05, 0.1) is 19.2 Å². The minimum Gasteiger partial charge on any atom is -0.492 e. The highest BCUT2D eigenvalue weighted by molar-refractivity contribution is 5.78. The summed E-state index contributed by atoms with van der Waals surface area (Å²) in [5, 5.41) is 12.7. The van der Waals surface area contributed by atoms with Crippen molar-refractivity contribution in [2.45, 2.75) is 38.3 Å². The summed E-state index contributed by atoms with van der Waals surface area (Å²) >= 11 is 0. The maximum absolute atomic E-state index is 12.0. The molecule has 2 N–H and O–H groups in total. The molecule has 1 aliphatic heterocycles. The molecular weight excluding hydrogens is 280 g/mol. The van der Waals surface area contributed by atoms with Crippen molar-refractivity contribution in [1.29, 1.82) is 0 Å². The van der Waals surface area contributed by atoms with E-state index in [2.05, 4.69) is 10.2 Å². The first-order chi connectivity index (χ1) is 10.7. The molecule has 2 rings (SSSR count). The first kappa shape index (κ1) is 16.8. The third kappa shape index (κ3) is 5.31. The lowest BCUT2D eigenvalue weighted by Gasteiger charge is -2.36. The Balaban J connectivity index is 1.66. The van der Waals surface area contributed by atoms with Crippen LogP contribution in [0.2, 0.25) is 0 Å². The molecule has 2 unspecified atom stereocenters. The van der Waals surface area contributed by atoms with Crippen LogP contribution < -0.4 is 10.1 Å². The highest BCUT2D eigenvalue weighted by atomic mass is 16.5. The Morgan fingerprint density at radius 2 is 2.18 bits per heavy atom. The van der Waals surface area contributed by atoms with Gasteiger partial charge in [0.25, 0.3) is 0 Å². The number of hydrogen-bond acceptors (Lipinski definition) is 4. The van der Waals surface area contributed by atoms with E-state index in [-0.39, 0.29) is 11.9 Å². The van der Waals surface area contributed by atoms with Gasteiger partial charge < -0.3 is 15.2 Å². The molecule has 1 heterocycles. The minimum atomic E-state index is -0.394. The zero-order valence-electron chi connectivity index (χ0n) is 13.2. The number of likely N-dealkylation sites (tertiary alicyclic amines) is 1. The monoisotopic (exact) mass is 306 g/mol. The number of carbonyl (C=O) groups is 1. The van der Waals surface area contributed by atoms with Crippen LogP contribution in [-0.4, -0.2) is 54.3 Å². The normalized spacial score (nSPS) is 20.4. The number of hydrogen-bond donors (Lipinski definition) is 2. The molecular formula is C17H26N2O3. The molecule has 0 aliphatic carbocycles. The summed E-state index contributed by atoms with van der Waals surface area (Å²) in [5.74, 6) is 0.797. The van der Waals surface area contributed by atoms with Crippen molar-refractivity contribution in [2.75, 3.05) is 26.2 Å². The van der Waals surface area contributed by atoms with Crippen molar-refractivity contribution in [3.63, 3.8) is 0 Å². The zero-order chi connectivity index (χ0) is 15.8. The van der Waals surface area contributed by atoms with Crippen LogP contribution in [0, 0.1) is 0 Å². The van der Waals surface area contributed by atoms with E-state index in [0.717, 1.165) is 31.6 Å². The molecule has 1 amide bonds. The van der Waals surface area contributed by atoms with Gasteiger partial charge in [-0.2, -0.15) is 0 Å². The van der Waals surface area contributed by atoms with Crippen molar-refractivity contribution >= 4 is 5.91 Å². The van der Waals surface area contributed by atoms with E-state index in [4.69, 9.17) is 4.74 Å². The predicted molar refractivity (Wildman–Crippen MR) is 85.8 cm³/mol. The topological polar surface area (TPSA) is 61.8 Å². The van der Waals surface area contributed by atoms with Gasteiger partial charge in [-0.1, -0.05) is 24.6 Å². The van der Waals surface area contributed by atoms with E-state index in [1.54, 1.807) is 6.92 Å². The number of nitrogens with zero attached hydrogens (tertiary/aromatic N) is 1. The summed E-state index contributed by atoms with van der Waals surface area (Å²) < 4.78 is 5.54. The largest absolute Gasteiger partial charge is 0.492 e. The van der Waals surface area contributed by atoms with Gasteiger partial charge in [0, 0.05) is 6.04 Å². The van der Waals surface area contributed by atoms with Crippen LogP contribution in [0.15, 0.2) is 30.3 Å². The van der Waals surface area contributed by atoms with Crippen molar-refractivity contribution in [1.82, 2.24) is 10.2 Å². The number of ether oxygens (including phenoxy) is 1. The van der Waals surface area contributed by atoms with Crippen LogP contribution in [-0.2, 0) is 4.79 Å². The molecule has 0 aromatic heterocycles. The molecule has 0 radical (unpaired) electrons. The summed E-state index contributed by atoms with van der Waals surface area (Å²) in [7, 11) is 0. The van der Waals surface area contributed by atoms with Crippen LogP contribution in [0.5, 0.6) is 5.75 Å². The van der Waals surface area contributed by atoms with Crippen molar-refractivity contribution < 1.29 is 14.6 Å². The van der Waals surface area contributed by atoms with Gasteiger partial charge in [0.15, 0.2) is 0 Å². The van der Waals surface area contributed by atoms with Gasteiger partial charge in [-0.15, -0.1) is 0 Å². The van der Waals surface area contributed by atoms with Gasteiger partial charge >= 0.3 is 0 Å². The molecule has 5 nitrogen and oxygen atoms in total. The van der Waals surface area contributed by atoms with E-state index in [9.17, 15) is 9.90 Å². The van der Waals surface area contributed by atoms with Crippen molar-refractivity contribution in [3.05, 3.63) is 30.3 Å². The van der Waals surface area contributed by atoms with E-state index >= 15 is 0 Å². The lowest BCUT2D eigenvalue weighted by molar-refractivity contribution is -0.124. The number of para-hydroxylation sites is 1. The van der Waals surface area contributed by atoms with Crippen molar-refractivity contribution in [2.24, 2.45) is 0 Å². The number of nitrogens with one attached hydrogen (secondary N) is 1. The molecule has 0 saturated carbocycles. The summed E-state index contributed by atoms with van der Waals surface area (Å²) in [6.07, 6.45) is 2.78. The number of rotatable bonds is 7. The molecule has 1 aromatic rings. The fourth-order valence-electron chi connectivity index (χ4n) is 2.88. The molecule has 0 bridgehead atoms. The minimum absolute atomic E-state index is 0.00999. The van der Waals surface area contributed by atoms with Crippen LogP contribution in [0.25, 0.3) is 0 Å². The predicted octanol–water partition coefficient (Wildman–Crippen LogP) is 1.42. The average molecular weight is 306 g/mol. The highest BCUT2D eigenvalue weighted by Gasteiger charge is 2.27. The lowest BCUT2D eigenvalue weighted by atomic mass is 9.98. The molecule has 122 valence electrons. The van der Waals surface area contributed by atoms with Gasteiger partial charge in [0.2, 0.25) is 5.91 Å². The molecule has 1 fully saturated rings. The van der Waals surface area contributed by atoms with Crippen molar-refractivity contribution in [3.8, 4) is 5.75 Å². The molecule has 22 heavy (non-hydrogen) atoms. The summed E-state index contributed by atoms with van der Waals surface area (Å²) in [6.45, 7) is 3.97. The number of piperidine rings is 1. The third-order valence-corrected chi connectivity index (χ3v) is 4.00. The van der Waals surface area contributed by atoms with Crippen LogP contribution >= 0.6 is 0 Å². The number of aliphatic hydroxyl groups is 1. The van der Waals surface area contributed by atoms with Gasteiger partial charge in [-0.3, -0.25) is 9.69 Å². The summed E-state index contributed by atoms with van der Waals surface area (Å²) in [6, 6.07) is 9.65.